The summed E-state index contributed by atoms with van der Waals surface area (Å²) in [5.74, 6) is -0.520. The average Bonchev–Trinajstić information content (AvgIpc) is 2.48. The number of pyridine rings is 1. The van der Waals surface area contributed by atoms with Gasteiger partial charge in [0.05, 0.1) is 0 Å². The van der Waals surface area contributed by atoms with E-state index in [0.717, 1.165) is 11.1 Å². The van der Waals surface area contributed by atoms with Gasteiger partial charge in [0.2, 0.25) is 0 Å². The molecule has 0 N–H and O–H groups in total. The lowest BCUT2D eigenvalue weighted by Crippen LogP contribution is -2.01. The first kappa shape index (κ1) is 14.4. The Bertz CT molecular complexity index is 578. The van der Waals surface area contributed by atoms with E-state index in [0.29, 0.717) is 6.42 Å². The van der Waals surface area contributed by atoms with Crippen LogP contribution in [0.2, 0.25) is 0 Å². The molecule has 1 unspecified atom stereocenters. The number of benzene rings is 1. The predicted octanol–water partition coefficient (Wildman–Crippen LogP) is 3.67. The largest absolute Gasteiger partial charge is 0.471 e. The molecule has 104 valence electrons. The molecule has 0 bridgehead atoms. The molecular formula is C14H12ClFN2O2. The van der Waals surface area contributed by atoms with Crippen molar-refractivity contribution >= 4 is 11.6 Å². The van der Waals surface area contributed by atoms with Crippen LogP contribution in [0.5, 0.6) is 5.88 Å². The Morgan fingerprint density at radius 2 is 1.95 bits per heavy atom. The van der Waals surface area contributed by atoms with Crippen molar-refractivity contribution in [1.82, 2.24) is 4.98 Å². The fourth-order valence-corrected chi connectivity index (χ4v) is 1.81. The third-order valence-corrected chi connectivity index (χ3v) is 2.88. The number of halogens is 2. The smallest absolute Gasteiger partial charge is 0.250 e. The number of nitroso groups, excluding NO2 is 1. The molecule has 0 aliphatic rings. The van der Waals surface area contributed by atoms with E-state index in [1.54, 1.807) is 0 Å². The summed E-state index contributed by atoms with van der Waals surface area (Å²) in [4.78, 5) is 14.0. The third kappa shape index (κ3) is 3.99. The summed E-state index contributed by atoms with van der Waals surface area (Å²) >= 11 is 5.64. The molecule has 1 aromatic heterocycles. The van der Waals surface area contributed by atoms with Crippen molar-refractivity contribution in [2.75, 3.05) is 0 Å². The number of ether oxygens (including phenoxy) is 1. The van der Waals surface area contributed by atoms with E-state index in [-0.39, 0.29) is 12.5 Å². The molecule has 0 aliphatic heterocycles. The van der Waals surface area contributed by atoms with Gasteiger partial charge in [0.15, 0.2) is 11.3 Å². The highest BCUT2D eigenvalue weighted by atomic mass is 35.5. The molecule has 1 heterocycles. The lowest BCUT2D eigenvalue weighted by molar-refractivity contribution is 0.277. The zero-order valence-electron chi connectivity index (χ0n) is 10.5. The van der Waals surface area contributed by atoms with Gasteiger partial charge in [-0.05, 0) is 28.4 Å². The second kappa shape index (κ2) is 6.96. The summed E-state index contributed by atoms with van der Waals surface area (Å²) in [5.41, 5.74) is 1.00. The van der Waals surface area contributed by atoms with E-state index >= 15 is 0 Å². The zero-order valence-corrected chi connectivity index (χ0v) is 11.3. The molecule has 1 aromatic carbocycles. The van der Waals surface area contributed by atoms with Crippen LogP contribution in [-0.4, -0.2) is 10.5 Å². The quantitative estimate of drug-likeness (QED) is 0.464. The fraction of sp³-hybridized carbons (Fsp3) is 0.214. The summed E-state index contributed by atoms with van der Waals surface area (Å²) in [6, 6.07) is 10.1. The third-order valence-electron chi connectivity index (χ3n) is 2.64. The molecule has 6 heteroatoms. The van der Waals surface area contributed by atoms with Crippen LogP contribution in [0.4, 0.5) is 4.39 Å². The minimum absolute atomic E-state index is 0.0254. The Morgan fingerprint density at radius 3 is 2.60 bits per heavy atom. The van der Waals surface area contributed by atoms with Gasteiger partial charge in [-0.2, -0.15) is 0 Å². The summed E-state index contributed by atoms with van der Waals surface area (Å²) in [7, 11) is 0. The lowest BCUT2D eigenvalue weighted by atomic mass is 10.1. The van der Waals surface area contributed by atoms with Gasteiger partial charge in [-0.3, -0.25) is 0 Å². The minimum Gasteiger partial charge on any atom is -0.471 e. The highest BCUT2D eigenvalue weighted by Crippen LogP contribution is 2.15. The molecule has 1 atom stereocenters. The first-order valence-electron chi connectivity index (χ1n) is 5.96. The van der Waals surface area contributed by atoms with E-state index in [1.165, 1.54) is 18.3 Å². The summed E-state index contributed by atoms with van der Waals surface area (Å²) < 4.78 is 18.6. The summed E-state index contributed by atoms with van der Waals surface area (Å²) in [6.07, 6.45) is 1.84. The zero-order chi connectivity index (χ0) is 14.4. The molecule has 2 rings (SSSR count). The van der Waals surface area contributed by atoms with E-state index in [4.69, 9.17) is 16.3 Å². The van der Waals surface area contributed by atoms with Crippen molar-refractivity contribution in [2.24, 2.45) is 5.18 Å². The number of aromatic nitrogens is 1. The molecule has 0 saturated carbocycles. The Labute approximate surface area is 120 Å². The number of hydrogen-bond donors (Lipinski definition) is 0. The lowest BCUT2D eigenvalue weighted by Gasteiger charge is -2.07. The Morgan fingerprint density at radius 1 is 1.25 bits per heavy atom. The molecule has 0 fully saturated rings. The van der Waals surface area contributed by atoms with E-state index in [9.17, 15) is 9.30 Å². The number of nitrogens with zero attached hydrogens (tertiary/aromatic N) is 2. The van der Waals surface area contributed by atoms with Gasteiger partial charge in [-0.15, -0.1) is 4.91 Å². The Hall–Kier alpha value is -2.01. The topological polar surface area (TPSA) is 51.5 Å². The second-order valence-electron chi connectivity index (χ2n) is 4.14. The first-order valence-corrected chi connectivity index (χ1v) is 6.40. The molecule has 0 radical (unpaired) electrons. The maximum Gasteiger partial charge on any atom is 0.250 e. The monoisotopic (exact) mass is 294 g/mol. The van der Waals surface area contributed by atoms with Gasteiger partial charge in [0, 0.05) is 12.6 Å². The SMILES string of the molecule is O=NC(Cl)Cc1ccc(COc2ncccc2F)cc1. The van der Waals surface area contributed by atoms with E-state index < -0.39 is 11.3 Å². The number of rotatable bonds is 6. The molecule has 0 spiro atoms. The molecule has 0 saturated heterocycles. The standard InChI is InChI=1S/C14H12ClFN2O2/c15-13(18-19)8-10-3-5-11(6-4-10)9-20-14-12(16)2-1-7-17-14/h1-7,13H,8-9H2. The highest BCUT2D eigenvalue weighted by molar-refractivity contribution is 6.20. The molecule has 0 aliphatic carbocycles. The maximum atomic E-state index is 13.3. The van der Waals surface area contributed by atoms with Crippen molar-refractivity contribution in [3.63, 3.8) is 0 Å². The average molecular weight is 295 g/mol. The van der Waals surface area contributed by atoms with Crippen LogP contribution in [-0.2, 0) is 13.0 Å². The van der Waals surface area contributed by atoms with Crippen LogP contribution in [0.3, 0.4) is 0 Å². The predicted molar refractivity (Wildman–Crippen MR) is 74.1 cm³/mol. The van der Waals surface area contributed by atoms with Gasteiger partial charge in [0.25, 0.3) is 5.88 Å². The van der Waals surface area contributed by atoms with Crippen LogP contribution in [0.1, 0.15) is 11.1 Å². The van der Waals surface area contributed by atoms with E-state index in [1.807, 2.05) is 24.3 Å². The van der Waals surface area contributed by atoms with Crippen molar-refractivity contribution < 1.29 is 9.13 Å². The van der Waals surface area contributed by atoms with Crippen molar-refractivity contribution in [1.29, 1.82) is 0 Å². The first-order chi connectivity index (χ1) is 9.69. The van der Waals surface area contributed by atoms with Gasteiger partial charge >= 0.3 is 0 Å². The van der Waals surface area contributed by atoms with Crippen molar-refractivity contribution in [3.05, 3.63) is 64.4 Å². The van der Waals surface area contributed by atoms with Crippen molar-refractivity contribution in [2.45, 2.75) is 18.5 Å². The number of hydrogen-bond acceptors (Lipinski definition) is 4. The van der Waals surface area contributed by atoms with Gasteiger partial charge in [-0.1, -0.05) is 35.9 Å². The highest BCUT2D eigenvalue weighted by Gasteiger charge is 2.06. The van der Waals surface area contributed by atoms with Gasteiger partial charge in [-0.25, -0.2) is 9.37 Å². The molecule has 2 aromatic rings. The van der Waals surface area contributed by atoms with Gasteiger partial charge < -0.3 is 4.74 Å². The van der Waals surface area contributed by atoms with Crippen LogP contribution in [0.25, 0.3) is 0 Å². The Balaban J connectivity index is 1.94. The molecule has 20 heavy (non-hydrogen) atoms. The van der Waals surface area contributed by atoms with Crippen LogP contribution >= 0.6 is 11.6 Å². The van der Waals surface area contributed by atoms with Crippen molar-refractivity contribution in [3.8, 4) is 5.88 Å². The normalized spacial score (nSPS) is 11.9. The molecule has 0 amide bonds. The van der Waals surface area contributed by atoms with Crippen LogP contribution < -0.4 is 4.74 Å². The second-order valence-corrected chi connectivity index (χ2v) is 4.64. The van der Waals surface area contributed by atoms with E-state index in [2.05, 4.69) is 10.2 Å². The Kier molecular flexibility index (Phi) is 5.01. The van der Waals surface area contributed by atoms with Gasteiger partial charge in [0.1, 0.15) is 6.61 Å². The fourth-order valence-electron chi connectivity index (χ4n) is 1.63. The summed E-state index contributed by atoms with van der Waals surface area (Å²) in [6.45, 7) is 0.213. The molecule has 4 nitrogen and oxygen atoms in total. The van der Waals surface area contributed by atoms with Crippen LogP contribution in [0, 0.1) is 10.7 Å². The minimum atomic E-state index is -0.764. The molecular weight excluding hydrogens is 283 g/mol. The van der Waals surface area contributed by atoms with Crippen LogP contribution in [0.15, 0.2) is 47.8 Å². The number of alkyl halides is 1. The maximum absolute atomic E-state index is 13.3. The summed E-state index contributed by atoms with van der Waals surface area (Å²) in [5, 5.41) is 2.73.